The number of benzene rings is 7. The Balaban J connectivity index is 1.29. The Hall–Kier alpha value is -7.39. The van der Waals surface area contributed by atoms with Gasteiger partial charge in [-0.05, 0) is 77.4 Å². The van der Waals surface area contributed by atoms with E-state index in [1.165, 1.54) is 0 Å². The summed E-state index contributed by atoms with van der Waals surface area (Å²) in [6.45, 7) is 0. The monoisotopic (exact) mass is 635 g/mol. The van der Waals surface area contributed by atoms with Crippen LogP contribution in [0, 0.1) is 34.0 Å². The molecular weight excluding hydrogens is 611 g/mol. The van der Waals surface area contributed by atoms with E-state index in [4.69, 9.17) is 0 Å². The van der Waals surface area contributed by atoms with E-state index >= 15 is 0 Å². The number of rotatable bonds is 4. The number of fused-ring (bicyclic) bond motifs is 6. The SMILES string of the molecule is N#Cc1ccc2c(c1)c1ccccc1n2-c1cc(-c2ccccc2-c2ccccc2-n2c3ccccc3c3ccc(C#N)cc32)ccc1C#N. The molecule has 0 radical (unpaired) electrons. The molecule has 0 N–H and O–H groups in total. The molecule has 0 bridgehead atoms. The van der Waals surface area contributed by atoms with Crippen molar-refractivity contribution in [2.45, 2.75) is 0 Å². The predicted octanol–water partition coefficient (Wildman–Crippen LogP) is 10.8. The summed E-state index contributed by atoms with van der Waals surface area (Å²) in [6, 6.07) is 57.9. The lowest BCUT2D eigenvalue weighted by molar-refractivity contribution is 1.17. The Bertz CT molecular complexity index is 2970. The van der Waals surface area contributed by atoms with Crippen LogP contribution in [-0.4, -0.2) is 9.13 Å². The van der Waals surface area contributed by atoms with Crippen LogP contribution in [0.4, 0.5) is 0 Å². The van der Waals surface area contributed by atoms with Gasteiger partial charge < -0.3 is 9.13 Å². The minimum absolute atomic E-state index is 0.553. The number of hydrogen-bond acceptors (Lipinski definition) is 3. The molecule has 0 amide bonds. The number of nitriles is 3. The quantitative estimate of drug-likeness (QED) is 0.193. The van der Waals surface area contributed by atoms with Gasteiger partial charge in [0, 0.05) is 27.1 Å². The molecule has 7 aromatic carbocycles. The van der Waals surface area contributed by atoms with Crippen molar-refractivity contribution in [1.82, 2.24) is 9.13 Å². The van der Waals surface area contributed by atoms with Gasteiger partial charge in [0.25, 0.3) is 0 Å². The molecule has 2 aromatic heterocycles. The second-order valence-electron chi connectivity index (χ2n) is 12.3. The van der Waals surface area contributed by atoms with Crippen molar-refractivity contribution < 1.29 is 0 Å². The average Bonchev–Trinajstić information content (AvgIpc) is 3.69. The summed E-state index contributed by atoms with van der Waals surface area (Å²) in [6.07, 6.45) is 0. The maximum Gasteiger partial charge on any atom is 0.101 e. The first-order chi connectivity index (χ1) is 24.7. The van der Waals surface area contributed by atoms with Crippen molar-refractivity contribution in [3.63, 3.8) is 0 Å². The Morgan fingerprint density at radius 1 is 0.360 bits per heavy atom. The van der Waals surface area contributed by atoms with Crippen molar-refractivity contribution >= 4 is 43.6 Å². The zero-order valence-corrected chi connectivity index (χ0v) is 26.7. The number of para-hydroxylation sites is 3. The van der Waals surface area contributed by atoms with Crippen molar-refractivity contribution in [2.75, 3.05) is 0 Å². The van der Waals surface area contributed by atoms with Gasteiger partial charge in [0.05, 0.1) is 62.3 Å². The number of aromatic nitrogens is 2. The highest BCUT2D eigenvalue weighted by molar-refractivity contribution is 6.11. The molecule has 5 nitrogen and oxygen atoms in total. The van der Waals surface area contributed by atoms with Crippen LogP contribution in [0.5, 0.6) is 0 Å². The third kappa shape index (κ3) is 4.31. The second kappa shape index (κ2) is 11.4. The zero-order chi connectivity index (χ0) is 33.8. The summed E-state index contributed by atoms with van der Waals surface area (Å²) in [5.74, 6) is 0. The maximum atomic E-state index is 10.4. The van der Waals surface area contributed by atoms with E-state index in [0.717, 1.165) is 77.2 Å². The first-order valence-electron chi connectivity index (χ1n) is 16.3. The molecule has 0 atom stereocenters. The third-order valence-corrected chi connectivity index (χ3v) is 9.64. The second-order valence-corrected chi connectivity index (χ2v) is 12.3. The van der Waals surface area contributed by atoms with Gasteiger partial charge in [0.1, 0.15) is 6.07 Å². The third-order valence-electron chi connectivity index (χ3n) is 9.64. The Kier molecular flexibility index (Phi) is 6.56. The first kappa shape index (κ1) is 28.8. The normalized spacial score (nSPS) is 11.1. The molecule has 0 aliphatic rings. The number of nitrogens with zero attached hydrogens (tertiary/aromatic N) is 5. The van der Waals surface area contributed by atoms with Crippen LogP contribution < -0.4 is 0 Å². The van der Waals surface area contributed by atoms with Crippen molar-refractivity contribution in [2.24, 2.45) is 0 Å². The Morgan fingerprint density at radius 3 is 1.66 bits per heavy atom. The van der Waals surface area contributed by atoms with Gasteiger partial charge in [-0.2, -0.15) is 15.8 Å². The molecule has 2 heterocycles. The Morgan fingerprint density at radius 2 is 0.920 bits per heavy atom. The van der Waals surface area contributed by atoms with Crippen molar-refractivity contribution in [1.29, 1.82) is 15.8 Å². The molecule has 0 aliphatic heterocycles. The van der Waals surface area contributed by atoms with E-state index in [1.54, 1.807) is 0 Å². The van der Waals surface area contributed by atoms with Crippen LogP contribution >= 0.6 is 0 Å². The van der Waals surface area contributed by atoms with E-state index in [9.17, 15) is 15.8 Å². The molecule has 5 heteroatoms. The largest absolute Gasteiger partial charge is 0.309 e. The highest BCUT2D eigenvalue weighted by Gasteiger charge is 2.20. The summed E-state index contributed by atoms with van der Waals surface area (Å²) >= 11 is 0. The summed E-state index contributed by atoms with van der Waals surface area (Å²) in [7, 11) is 0. The van der Waals surface area contributed by atoms with Gasteiger partial charge in [-0.1, -0.05) is 91.0 Å². The van der Waals surface area contributed by atoms with E-state index < -0.39 is 0 Å². The number of hydrogen-bond donors (Lipinski definition) is 0. The summed E-state index contributed by atoms with van der Waals surface area (Å²) < 4.78 is 4.39. The highest BCUT2D eigenvalue weighted by Crippen LogP contribution is 2.41. The fraction of sp³-hybridized carbons (Fsp3) is 0. The first-order valence-corrected chi connectivity index (χ1v) is 16.3. The highest BCUT2D eigenvalue weighted by atomic mass is 15.0. The standard InChI is InChI=1S/C45H25N5/c46-26-29-18-22-43-39(23-29)37-13-5-8-16-42(37)49(43)44-25-31(19-20-32(44)28-48)33-9-1-2-10-34(33)35-11-3-6-14-40(35)50-41-15-7-4-12-36(41)38-21-17-30(27-47)24-45(38)50/h1-25H. The molecule has 0 saturated carbocycles. The van der Waals surface area contributed by atoms with Crippen LogP contribution in [0.25, 0.3) is 77.2 Å². The van der Waals surface area contributed by atoms with Gasteiger partial charge >= 0.3 is 0 Å². The maximum absolute atomic E-state index is 10.4. The van der Waals surface area contributed by atoms with Crippen LogP contribution in [0.2, 0.25) is 0 Å². The van der Waals surface area contributed by atoms with E-state index in [2.05, 4.69) is 100 Å². The molecule has 0 fully saturated rings. The van der Waals surface area contributed by atoms with Gasteiger partial charge in [-0.3, -0.25) is 0 Å². The molecule has 50 heavy (non-hydrogen) atoms. The zero-order valence-electron chi connectivity index (χ0n) is 26.7. The molecule has 0 aliphatic carbocycles. The average molecular weight is 636 g/mol. The lowest BCUT2D eigenvalue weighted by Gasteiger charge is -2.18. The van der Waals surface area contributed by atoms with Gasteiger partial charge in [-0.25, -0.2) is 0 Å². The molecule has 0 saturated heterocycles. The molecule has 230 valence electrons. The van der Waals surface area contributed by atoms with Crippen molar-refractivity contribution in [3.05, 3.63) is 168 Å². The van der Waals surface area contributed by atoms with E-state index in [1.807, 2.05) is 78.9 Å². The van der Waals surface area contributed by atoms with E-state index in [0.29, 0.717) is 16.7 Å². The minimum Gasteiger partial charge on any atom is -0.309 e. The fourth-order valence-corrected chi connectivity index (χ4v) is 7.45. The van der Waals surface area contributed by atoms with Crippen molar-refractivity contribution in [3.8, 4) is 51.8 Å². The molecule has 9 aromatic rings. The summed E-state index contributed by atoms with van der Waals surface area (Å²) in [5, 5.41) is 34.0. The molecule has 0 spiro atoms. The fourth-order valence-electron chi connectivity index (χ4n) is 7.45. The van der Waals surface area contributed by atoms with Crippen LogP contribution in [0.15, 0.2) is 152 Å². The topological polar surface area (TPSA) is 81.2 Å². The Labute approximate surface area is 287 Å². The van der Waals surface area contributed by atoms with Gasteiger partial charge in [0.15, 0.2) is 0 Å². The lowest BCUT2D eigenvalue weighted by atomic mass is 9.92. The molecule has 0 unspecified atom stereocenters. The molecular formula is C45H25N5. The van der Waals surface area contributed by atoms with Gasteiger partial charge in [0.2, 0.25) is 0 Å². The van der Waals surface area contributed by atoms with Crippen LogP contribution in [-0.2, 0) is 0 Å². The lowest BCUT2D eigenvalue weighted by Crippen LogP contribution is -2.00. The molecule has 9 rings (SSSR count). The summed E-state index contributed by atoms with van der Waals surface area (Å²) in [4.78, 5) is 0. The van der Waals surface area contributed by atoms with Gasteiger partial charge in [-0.15, -0.1) is 0 Å². The van der Waals surface area contributed by atoms with Crippen LogP contribution in [0.1, 0.15) is 16.7 Å². The minimum atomic E-state index is 0.553. The predicted molar refractivity (Wildman–Crippen MR) is 200 cm³/mol. The van der Waals surface area contributed by atoms with Crippen LogP contribution in [0.3, 0.4) is 0 Å². The summed E-state index contributed by atoms with van der Waals surface area (Å²) in [5.41, 5.74) is 11.5. The van der Waals surface area contributed by atoms with E-state index in [-0.39, 0.29) is 0 Å². The smallest absolute Gasteiger partial charge is 0.101 e.